The van der Waals surface area contributed by atoms with Crippen molar-refractivity contribution in [2.45, 2.75) is 11.0 Å². The molecular formula is C21H17Cl2NO4S. The van der Waals surface area contributed by atoms with Crippen molar-refractivity contribution in [1.29, 1.82) is 0 Å². The van der Waals surface area contributed by atoms with Crippen molar-refractivity contribution in [2.75, 3.05) is 11.6 Å². The summed E-state index contributed by atoms with van der Waals surface area (Å²) < 4.78 is 29.1. The van der Waals surface area contributed by atoms with Crippen LogP contribution in [0.1, 0.15) is 11.7 Å². The van der Waals surface area contributed by atoms with Gasteiger partial charge in [0.25, 0.3) is 5.91 Å². The molecule has 3 aromatic carbocycles. The van der Waals surface area contributed by atoms with Gasteiger partial charge in [0, 0.05) is 27.6 Å². The van der Waals surface area contributed by atoms with E-state index in [1.807, 2.05) is 6.07 Å². The molecular weight excluding hydrogens is 433 g/mol. The fraction of sp³-hybridized carbons (Fsp3) is 0.0952. The Morgan fingerprint density at radius 1 is 0.931 bits per heavy atom. The molecule has 0 bridgehead atoms. The van der Waals surface area contributed by atoms with Gasteiger partial charge in [0.2, 0.25) is 6.10 Å². The van der Waals surface area contributed by atoms with Crippen molar-refractivity contribution in [3.63, 3.8) is 0 Å². The van der Waals surface area contributed by atoms with Crippen LogP contribution in [0.2, 0.25) is 10.0 Å². The number of benzene rings is 3. The maximum absolute atomic E-state index is 12.9. The Kier molecular flexibility index (Phi) is 6.47. The molecule has 0 aliphatic heterocycles. The minimum Gasteiger partial charge on any atom is -0.476 e. The van der Waals surface area contributed by atoms with Crippen LogP contribution in [0.25, 0.3) is 0 Å². The van der Waals surface area contributed by atoms with E-state index in [-0.39, 0.29) is 4.90 Å². The number of carbonyl (C=O) groups excluding carboxylic acids is 1. The molecule has 150 valence electrons. The summed E-state index contributed by atoms with van der Waals surface area (Å²) in [7, 11) is -3.33. The predicted molar refractivity (Wildman–Crippen MR) is 114 cm³/mol. The summed E-state index contributed by atoms with van der Waals surface area (Å²) in [5, 5.41) is 3.53. The normalized spacial score (nSPS) is 12.2. The SMILES string of the molecule is CS(=O)(=O)c1ccc(OC(C(=O)Nc2cc(Cl)cc(Cl)c2)c2ccccc2)cc1. The van der Waals surface area contributed by atoms with Gasteiger partial charge in [0.15, 0.2) is 9.84 Å². The van der Waals surface area contributed by atoms with E-state index in [9.17, 15) is 13.2 Å². The van der Waals surface area contributed by atoms with Crippen molar-refractivity contribution in [2.24, 2.45) is 0 Å². The molecule has 0 saturated heterocycles. The lowest BCUT2D eigenvalue weighted by atomic mass is 10.1. The number of amides is 1. The molecule has 5 nitrogen and oxygen atoms in total. The number of sulfone groups is 1. The van der Waals surface area contributed by atoms with Gasteiger partial charge in [-0.1, -0.05) is 53.5 Å². The third-order valence-electron chi connectivity index (χ3n) is 3.98. The van der Waals surface area contributed by atoms with Gasteiger partial charge in [0.1, 0.15) is 5.75 Å². The molecule has 0 heterocycles. The smallest absolute Gasteiger partial charge is 0.270 e. The number of anilines is 1. The van der Waals surface area contributed by atoms with Crippen LogP contribution in [-0.4, -0.2) is 20.6 Å². The van der Waals surface area contributed by atoms with Crippen molar-refractivity contribution >= 4 is 44.6 Å². The first-order valence-corrected chi connectivity index (χ1v) is 11.2. The minimum atomic E-state index is -3.33. The molecule has 0 aliphatic carbocycles. The Bertz CT molecular complexity index is 1100. The van der Waals surface area contributed by atoms with Crippen LogP contribution in [-0.2, 0) is 14.6 Å². The average Bonchev–Trinajstić information content (AvgIpc) is 2.65. The topological polar surface area (TPSA) is 72.5 Å². The molecule has 3 rings (SSSR count). The number of carbonyl (C=O) groups is 1. The zero-order valence-electron chi connectivity index (χ0n) is 15.3. The van der Waals surface area contributed by atoms with E-state index in [0.717, 1.165) is 6.26 Å². The molecule has 1 atom stereocenters. The van der Waals surface area contributed by atoms with Crippen molar-refractivity contribution in [3.05, 3.63) is 88.4 Å². The fourth-order valence-corrected chi connectivity index (χ4v) is 3.79. The summed E-state index contributed by atoms with van der Waals surface area (Å²) in [6.07, 6.45) is 0.150. The van der Waals surface area contributed by atoms with Crippen LogP contribution in [0.3, 0.4) is 0 Å². The van der Waals surface area contributed by atoms with Crippen LogP contribution >= 0.6 is 23.2 Å². The highest BCUT2D eigenvalue weighted by Crippen LogP contribution is 2.27. The average molecular weight is 450 g/mol. The summed E-state index contributed by atoms with van der Waals surface area (Å²) in [6, 6.07) is 19.5. The van der Waals surface area contributed by atoms with E-state index in [2.05, 4.69) is 5.32 Å². The standard InChI is InChI=1S/C21H17Cl2NO4S/c1-29(26,27)19-9-7-18(8-10-19)28-20(14-5-3-2-4-6-14)21(25)24-17-12-15(22)11-16(23)13-17/h2-13,20H,1H3,(H,24,25). The molecule has 1 N–H and O–H groups in total. The monoisotopic (exact) mass is 449 g/mol. The van der Waals surface area contributed by atoms with Gasteiger partial charge in [-0.05, 0) is 42.5 Å². The van der Waals surface area contributed by atoms with E-state index in [0.29, 0.717) is 27.0 Å². The maximum Gasteiger partial charge on any atom is 0.270 e. The lowest BCUT2D eigenvalue weighted by molar-refractivity contribution is -0.123. The van der Waals surface area contributed by atoms with Crippen molar-refractivity contribution in [1.82, 2.24) is 0 Å². The van der Waals surface area contributed by atoms with Gasteiger partial charge in [0.05, 0.1) is 4.90 Å². The lowest BCUT2D eigenvalue weighted by Gasteiger charge is -2.19. The molecule has 1 amide bonds. The van der Waals surface area contributed by atoms with Crippen LogP contribution in [0, 0.1) is 0 Å². The zero-order chi connectivity index (χ0) is 21.0. The Morgan fingerprint density at radius 3 is 2.07 bits per heavy atom. The molecule has 0 aromatic heterocycles. The molecule has 0 fully saturated rings. The van der Waals surface area contributed by atoms with Gasteiger partial charge in [-0.15, -0.1) is 0 Å². The Labute approximate surface area is 179 Å². The third-order valence-corrected chi connectivity index (χ3v) is 5.54. The van der Waals surface area contributed by atoms with E-state index in [1.54, 1.807) is 42.5 Å². The summed E-state index contributed by atoms with van der Waals surface area (Å²) in [5.74, 6) is -0.0766. The van der Waals surface area contributed by atoms with E-state index < -0.39 is 21.8 Å². The highest BCUT2D eigenvalue weighted by atomic mass is 35.5. The van der Waals surface area contributed by atoms with Gasteiger partial charge in [-0.25, -0.2) is 8.42 Å². The van der Waals surface area contributed by atoms with E-state index in [4.69, 9.17) is 27.9 Å². The predicted octanol–water partition coefficient (Wildman–Crippen LogP) is 5.16. The Hall–Kier alpha value is -2.54. The Morgan fingerprint density at radius 2 is 1.52 bits per heavy atom. The van der Waals surface area contributed by atoms with Crippen LogP contribution in [0.4, 0.5) is 5.69 Å². The number of nitrogens with one attached hydrogen (secondary N) is 1. The van der Waals surface area contributed by atoms with Crippen molar-refractivity contribution in [3.8, 4) is 5.75 Å². The number of rotatable bonds is 6. The van der Waals surface area contributed by atoms with E-state index >= 15 is 0 Å². The second-order valence-electron chi connectivity index (χ2n) is 6.30. The highest BCUT2D eigenvalue weighted by Gasteiger charge is 2.23. The number of halogens is 2. The molecule has 1 unspecified atom stereocenters. The third kappa shape index (κ3) is 5.73. The first-order chi connectivity index (χ1) is 13.7. The molecule has 0 radical (unpaired) electrons. The molecule has 0 aliphatic rings. The molecule has 8 heteroatoms. The summed E-state index contributed by atoms with van der Waals surface area (Å²) in [4.78, 5) is 13.1. The van der Waals surface area contributed by atoms with Crippen LogP contribution in [0.5, 0.6) is 5.75 Å². The Balaban J connectivity index is 1.88. The fourth-order valence-electron chi connectivity index (χ4n) is 2.64. The first kappa shape index (κ1) is 21.2. The van der Waals surface area contributed by atoms with Gasteiger partial charge < -0.3 is 10.1 Å². The summed E-state index contributed by atoms with van der Waals surface area (Å²) in [5.41, 5.74) is 1.06. The second kappa shape index (κ2) is 8.86. The van der Waals surface area contributed by atoms with Gasteiger partial charge in [-0.3, -0.25) is 4.79 Å². The van der Waals surface area contributed by atoms with Gasteiger partial charge >= 0.3 is 0 Å². The van der Waals surface area contributed by atoms with Crippen LogP contribution < -0.4 is 10.1 Å². The first-order valence-electron chi connectivity index (χ1n) is 8.51. The zero-order valence-corrected chi connectivity index (χ0v) is 17.6. The molecule has 3 aromatic rings. The summed E-state index contributed by atoms with van der Waals surface area (Å²) in [6.45, 7) is 0. The number of ether oxygens (including phenoxy) is 1. The largest absolute Gasteiger partial charge is 0.476 e. The van der Waals surface area contributed by atoms with E-state index in [1.165, 1.54) is 24.3 Å². The van der Waals surface area contributed by atoms with Crippen LogP contribution in [0.15, 0.2) is 77.7 Å². The van der Waals surface area contributed by atoms with Gasteiger partial charge in [-0.2, -0.15) is 0 Å². The molecule has 0 saturated carbocycles. The molecule has 0 spiro atoms. The highest BCUT2D eigenvalue weighted by molar-refractivity contribution is 7.90. The van der Waals surface area contributed by atoms with Crippen molar-refractivity contribution < 1.29 is 17.9 Å². The minimum absolute atomic E-state index is 0.166. The molecule has 29 heavy (non-hydrogen) atoms. The quantitative estimate of drug-likeness (QED) is 0.564. The second-order valence-corrected chi connectivity index (χ2v) is 9.19. The summed E-state index contributed by atoms with van der Waals surface area (Å²) >= 11 is 12.0. The maximum atomic E-state index is 12.9. The number of hydrogen-bond donors (Lipinski definition) is 1. The lowest BCUT2D eigenvalue weighted by Crippen LogP contribution is -2.25. The number of hydrogen-bond acceptors (Lipinski definition) is 4.